The number of methoxy groups -OCH3 is 1. The molecule has 0 spiro atoms. The van der Waals surface area contributed by atoms with Gasteiger partial charge in [-0.05, 0) is 67.8 Å². The van der Waals surface area contributed by atoms with Gasteiger partial charge < -0.3 is 23.7 Å². The number of unbranched alkanes of at least 4 members (excludes halogenated alkanes) is 1. The van der Waals surface area contributed by atoms with Crippen LogP contribution in [0.3, 0.4) is 0 Å². The van der Waals surface area contributed by atoms with E-state index in [0.29, 0.717) is 35.5 Å². The average Bonchev–Trinajstić information content (AvgIpc) is 3.50. The first-order valence-corrected chi connectivity index (χ1v) is 13.4. The summed E-state index contributed by atoms with van der Waals surface area (Å²) < 4.78 is 27.8. The van der Waals surface area contributed by atoms with Crippen molar-refractivity contribution in [3.8, 4) is 11.5 Å². The standard InChI is InChI=1S/C28H31BrO8/c1-3-4-5-22(29)28(32)35-20-12-8-18(9-13-20)27(31)37-24-16-34-25-21(24)14-15-23(25)36-26(30)17-6-10-19(33-2)11-7-17/h6-13,21-25H,3-5,14-16H2,1-2H3/t21-,22?,23-,24-,25+/m1/s1. The molecular weight excluding hydrogens is 544 g/mol. The molecule has 2 aliphatic rings. The number of alkyl halides is 1. The largest absolute Gasteiger partial charge is 0.497 e. The number of carbonyl (C=O) groups excluding carboxylic acids is 3. The Labute approximate surface area is 224 Å². The number of esters is 3. The summed E-state index contributed by atoms with van der Waals surface area (Å²) >= 11 is 3.35. The lowest BCUT2D eigenvalue weighted by Gasteiger charge is -2.19. The predicted molar refractivity (Wildman–Crippen MR) is 138 cm³/mol. The summed E-state index contributed by atoms with van der Waals surface area (Å²) in [6, 6.07) is 13.0. The maximum Gasteiger partial charge on any atom is 0.338 e. The fourth-order valence-corrected chi connectivity index (χ4v) is 5.06. The first-order chi connectivity index (χ1) is 17.9. The van der Waals surface area contributed by atoms with Crippen LogP contribution in [0.2, 0.25) is 0 Å². The van der Waals surface area contributed by atoms with E-state index in [4.69, 9.17) is 23.7 Å². The summed E-state index contributed by atoms with van der Waals surface area (Å²) in [7, 11) is 1.56. The van der Waals surface area contributed by atoms with Gasteiger partial charge in [0.2, 0.25) is 0 Å². The molecule has 1 saturated heterocycles. The number of fused-ring (bicyclic) bond motifs is 1. The van der Waals surface area contributed by atoms with Crippen LogP contribution in [0.25, 0.3) is 0 Å². The first-order valence-electron chi connectivity index (χ1n) is 12.5. The maximum absolute atomic E-state index is 12.8. The summed E-state index contributed by atoms with van der Waals surface area (Å²) in [5, 5.41) is 0. The fraction of sp³-hybridized carbons (Fsp3) is 0.464. The van der Waals surface area contributed by atoms with Crippen molar-refractivity contribution in [3.63, 3.8) is 0 Å². The Morgan fingerprint density at radius 1 is 0.919 bits per heavy atom. The molecule has 2 fully saturated rings. The van der Waals surface area contributed by atoms with E-state index in [2.05, 4.69) is 22.9 Å². The molecule has 1 unspecified atom stereocenters. The predicted octanol–water partition coefficient (Wildman–Crippen LogP) is 5.11. The van der Waals surface area contributed by atoms with E-state index in [1.54, 1.807) is 55.6 Å². The number of benzene rings is 2. The second-order valence-corrected chi connectivity index (χ2v) is 10.3. The number of hydrogen-bond donors (Lipinski definition) is 0. The van der Waals surface area contributed by atoms with Crippen LogP contribution in [0, 0.1) is 5.92 Å². The molecule has 0 amide bonds. The minimum atomic E-state index is -0.480. The van der Waals surface area contributed by atoms with E-state index in [1.807, 2.05) is 0 Å². The number of carbonyl (C=O) groups is 3. The Bertz CT molecular complexity index is 1080. The molecule has 2 aromatic carbocycles. The van der Waals surface area contributed by atoms with E-state index < -0.39 is 24.1 Å². The van der Waals surface area contributed by atoms with Crippen LogP contribution in [-0.2, 0) is 19.0 Å². The fourth-order valence-electron chi connectivity index (χ4n) is 4.64. The highest BCUT2D eigenvalue weighted by Crippen LogP contribution is 2.40. The number of halogens is 1. The molecule has 198 valence electrons. The zero-order valence-corrected chi connectivity index (χ0v) is 22.5. The minimum absolute atomic E-state index is 0.0446. The van der Waals surface area contributed by atoms with Gasteiger partial charge in [-0.3, -0.25) is 4.79 Å². The zero-order valence-electron chi connectivity index (χ0n) is 20.9. The van der Waals surface area contributed by atoms with Crippen molar-refractivity contribution in [3.05, 3.63) is 59.7 Å². The second-order valence-electron chi connectivity index (χ2n) is 9.21. The van der Waals surface area contributed by atoms with E-state index in [0.717, 1.165) is 19.3 Å². The molecule has 2 aromatic rings. The summed E-state index contributed by atoms with van der Waals surface area (Å²) in [5.74, 6) is -0.281. The topological polar surface area (TPSA) is 97.4 Å². The molecule has 37 heavy (non-hydrogen) atoms. The smallest absolute Gasteiger partial charge is 0.338 e. The van der Waals surface area contributed by atoms with Crippen molar-refractivity contribution >= 4 is 33.8 Å². The van der Waals surface area contributed by atoms with Crippen molar-refractivity contribution < 1.29 is 38.1 Å². The summed E-state index contributed by atoms with van der Waals surface area (Å²) in [5.41, 5.74) is 0.789. The lowest BCUT2D eigenvalue weighted by Crippen LogP contribution is -2.31. The molecule has 0 bridgehead atoms. The quantitative estimate of drug-likeness (QED) is 0.219. The van der Waals surface area contributed by atoms with Gasteiger partial charge in [0.25, 0.3) is 0 Å². The highest BCUT2D eigenvalue weighted by Gasteiger charge is 2.49. The van der Waals surface area contributed by atoms with Crippen molar-refractivity contribution in [2.24, 2.45) is 5.92 Å². The Kier molecular flexibility index (Phi) is 9.21. The van der Waals surface area contributed by atoms with Gasteiger partial charge >= 0.3 is 17.9 Å². The highest BCUT2D eigenvalue weighted by atomic mass is 79.9. The van der Waals surface area contributed by atoms with E-state index >= 15 is 0 Å². The molecule has 9 heteroatoms. The Hall–Kier alpha value is -2.91. The van der Waals surface area contributed by atoms with Crippen LogP contribution >= 0.6 is 15.9 Å². The maximum atomic E-state index is 12.8. The second kappa shape index (κ2) is 12.6. The van der Waals surface area contributed by atoms with Gasteiger partial charge in [-0.2, -0.15) is 0 Å². The molecule has 1 heterocycles. The van der Waals surface area contributed by atoms with Gasteiger partial charge in [0, 0.05) is 5.92 Å². The monoisotopic (exact) mass is 574 g/mol. The van der Waals surface area contributed by atoms with Crippen molar-refractivity contribution in [2.45, 2.75) is 62.2 Å². The number of rotatable bonds is 10. The lowest BCUT2D eigenvalue weighted by atomic mass is 10.0. The molecule has 1 saturated carbocycles. The molecule has 5 atom stereocenters. The minimum Gasteiger partial charge on any atom is -0.497 e. The molecule has 4 rings (SSSR count). The SMILES string of the molecule is CCCCC(Br)C(=O)Oc1ccc(C(=O)O[C@@H]2CO[C@H]3[C@@H]2CC[C@H]3OC(=O)c2ccc(OC)cc2)cc1. The van der Waals surface area contributed by atoms with Gasteiger partial charge in [-0.15, -0.1) is 0 Å². The van der Waals surface area contributed by atoms with Crippen molar-refractivity contribution in [2.75, 3.05) is 13.7 Å². The molecule has 1 aliphatic carbocycles. The number of ether oxygens (including phenoxy) is 5. The third-order valence-electron chi connectivity index (χ3n) is 6.72. The Morgan fingerprint density at radius 3 is 2.11 bits per heavy atom. The third kappa shape index (κ3) is 6.70. The van der Waals surface area contributed by atoms with Crippen molar-refractivity contribution in [1.29, 1.82) is 0 Å². The molecule has 8 nitrogen and oxygen atoms in total. The Balaban J connectivity index is 1.28. The first kappa shape index (κ1) is 27.1. The van der Waals surface area contributed by atoms with Crippen LogP contribution in [0.1, 0.15) is 59.7 Å². The van der Waals surface area contributed by atoms with Crippen LogP contribution in [0.4, 0.5) is 0 Å². The van der Waals surface area contributed by atoms with Gasteiger partial charge in [0.1, 0.15) is 34.6 Å². The van der Waals surface area contributed by atoms with Crippen LogP contribution in [0.5, 0.6) is 11.5 Å². The molecule has 1 aliphatic heterocycles. The summed E-state index contributed by atoms with van der Waals surface area (Å²) in [6.45, 7) is 2.31. The summed E-state index contributed by atoms with van der Waals surface area (Å²) in [4.78, 5) is 37.1. The Morgan fingerprint density at radius 2 is 1.51 bits per heavy atom. The lowest BCUT2D eigenvalue weighted by molar-refractivity contribution is -0.133. The van der Waals surface area contributed by atoms with Crippen molar-refractivity contribution in [1.82, 2.24) is 0 Å². The molecule has 0 aromatic heterocycles. The van der Waals surface area contributed by atoms with Crippen LogP contribution in [0.15, 0.2) is 48.5 Å². The van der Waals surface area contributed by atoms with Crippen LogP contribution < -0.4 is 9.47 Å². The summed E-state index contributed by atoms with van der Waals surface area (Å²) in [6.07, 6.45) is 2.85. The molecule has 0 radical (unpaired) electrons. The van der Waals surface area contributed by atoms with Gasteiger partial charge in [-0.1, -0.05) is 35.7 Å². The van der Waals surface area contributed by atoms with Gasteiger partial charge in [0.15, 0.2) is 0 Å². The van der Waals surface area contributed by atoms with Gasteiger partial charge in [-0.25, -0.2) is 9.59 Å². The van der Waals surface area contributed by atoms with E-state index in [1.165, 1.54) is 0 Å². The average molecular weight is 575 g/mol. The number of hydrogen-bond acceptors (Lipinski definition) is 8. The van der Waals surface area contributed by atoms with Gasteiger partial charge in [0.05, 0.1) is 24.8 Å². The van der Waals surface area contributed by atoms with Crippen LogP contribution in [-0.4, -0.2) is 54.8 Å². The zero-order chi connectivity index (χ0) is 26.4. The molecule has 0 N–H and O–H groups in total. The van der Waals surface area contributed by atoms with E-state index in [-0.39, 0.29) is 29.4 Å². The normalized spacial score (nSPS) is 23.1. The van der Waals surface area contributed by atoms with E-state index in [9.17, 15) is 14.4 Å². The third-order valence-corrected chi connectivity index (χ3v) is 7.55. The molecular formula is C28H31BrO8. The highest BCUT2D eigenvalue weighted by molar-refractivity contribution is 9.10.